The molecule has 0 aromatic carbocycles. The second kappa shape index (κ2) is 64.4. The fraction of sp³-hybridized carbons (Fsp3) is 0.947. The Bertz CT molecular complexity index is 1850. The maximum absolute atomic E-state index is 13.1. The summed E-state index contributed by atoms with van der Waals surface area (Å²) in [6, 6.07) is 0. The Morgan fingerprint density at radius 1 is 0.298 bits per heavy atom. The highest BCUT2D eigenvalue weighted by atomic mass is 31.2. The van der Waals surface area contributed by atoms with E-state index in [0.717, 1.165) is 114 Å². The highest BCUT2D eigenvalue weighted by molar-refractivity contribution is 7.47. The molecule has 0 aliphatic heterocycles. The van der Waals surface area contributed by atoms with Crippen LogP contribution in [0, 0.1) is 23.7 Å². The van der Waals surface area contributed by atoms with Crippen LogP contribution in [0.15, 0.2) is 0 Å². The Morgan fingerprint density at radius 3 is 0.755 bits per heavy atom. The highest BCUT2D eigenvalue weighted by Gasteiger charge is 2.30. The predicted molar refractivity (Wildman–Crippen MR) is 381 cm³/mol. The molecule has 19 heteroatoms. The van der Waals surface area contributed by atoms with Crippen molar-refractivity contribution in [2.75, 3.05) is 39.6 Å². The van der Waals surface area contributed by atoms with E-state index in [2.05, 4.69) is 55.4 Å². The Labute approximate surface area is 575 Å². The van der Waals surface area contributed by atoms with Gasteiger partial charge in [0.05, 0.1) is 26.4 Å². The summed E-state index contributed by atoms with van der Waals surface area (Å²) in [4.78, 5) is 72.7. The average molecular weight is 1380 g/mol. The van der Waals surface area contributed by atoms with Crippen molar-refractivity contribution in [2.24, 2.45) is 23.7 Å². The average Bonchev–Trinajstić information content (AvgIpc) is 1.52. The van der Waals surface area contributed by atoms with Crippen LogP contribution in [0.3, 0.4) is 0 Å². The molecule has 94 heavy (non-hydrogen) atoms. The zero-order chi connectivity index (χ0) is 69.6. The number of rotatable bonds is 72. The Balaban J connectivity index is 5.24. The SMILES string of the molecule is CCC(C)CCCCCCCCCCCCCCCCC(=O)O[C@H](COC(=O)CCCCCCCCCCCCCCC(C)C)COP(=O)(O)OCC(O)COP(=O)(O)OC[C@@H](COC(=O)CCCCCCCCCC(C)C)OC(=O)CCCCCCCCCCC(C)C. The van der Waals surface area contributed by atoms with Crippen LogP contribution in [0.4, 0.5) is 0 Å². The van der Waals surface area contributed by atoms with Crippen molar-refractivity contribution in [3.05, 3.63) is 0 Å². The molecule has 0 radical (unpaired) electrons. The Morgan fingerprint density at radius 2 is 0.511 bits per heavy atom. The van der Waals surface area contributed by atoms with Gasteiger partial charge in [0.1, 0.15) is 19.3 Å². The third-order valence-electron chi connectivity index (χ3n) is 17.7. The summed E-state index contributed by atoms with van der Waals surface area (Å²) in [5.74, 6) is 0.927. The van der Waals surface area contributed by atoms with Gasteiger partial charge in [0, 0.05) is 25.7 Å². The number of aliphatic hydroxyl groups excluding tert-OH is 1. The van der Waals surface area contributed by atoms with Gasteiger partial charge in [0.2, 0.25) is 0 Å². The molecule has 0 spiro atoms. The van der Waals surface area contributed by atoms with Gasteiger partial charge in [-0.2, -0.15) is 0 Å². The molecule has 3 N–H and O–H groups in total. The normalized spacial score (nSPS) is 14.4. The Hall–Kier alpha value is -1.94. The quantitative estimate of drug-likeness (QED) is 0.0222. The topological polar surface area (TPSA) is 237 Å². The maximum atomic E-state index is 13.1. The third kappa shape index (κ3) is 67.3. The number of carbonyl (C=O) groups excluding carboxylic acids is 4. The van der Waals surface area contributed by atoms with E-state index in [4.69, 9.17) is 37.0 Å². The predicted octanol–water partition coefficient (Wildman–Crippen LogP) is 21.7. The zero-order valence-corrected chi connectivity index (χ0v) is 63.4. The van der Waals surface area contributed by atoms with Gasteiger partial charge in [0.15, 0.2) is 12.2 Å². The monoisotopic (exact) mass is 1380 g/mol. The molecule has 0 aromatic heterocycles. The molecule has 0 bridgehead atoms. The van der Waals surface area contributed by atoms with Gasteiger partial charge >= 0.3 is 39.5 Å². The summed E-state index contributed by atoms with van der Waals surface area (Å²) in [5, 5.41) is 10.6. The largest absolute Gasteiger partial charge is 0.472 e. The molecule has 558 valence electrons. The number of aliphatic hydroxyl groups is 1. The lowest BCUT2D eigenvalue weighted by molar-refractivity contribution is -0.161. The molecule has 0 aliphatic rings. The van der Waals surface area contributed by atoms with Crippen LogP contribution in [0.25, 0.3) is 0 Å². The number of hydrogen-bond donors (Lipinski definition) is 3. The van der Waals surface area contributed by atoms with E-state index in [1.807, 2.05) is 0 Å². The molecular weight excluding hydrogens is 1230 g/mol. The minimum atomic E-state index is -4.96. The first-order valence-corrected chi connectivity index (χ1v) is 41.7. The van der Waals surface area contributed by atoms with Crippen molar-refractivity contribution in [2.45, 2.75) is 395 Å². The van der Waals surface area contributed by atoms with E-state index in [-0.39, 0.29) is 25.7 Å². The minimum absolute atomic E-state index is 0.103. The summed E-state index contributed by atoms with van der Waals surface area (Å²) in [7, 11) is -9.91. The molecule has 0 aromatic rings. The van der Waals surface area contributed by atoms with Crippen LogP contribution >= 0.6 is 15.6 Å². The molecule has 0 saturated carbocycles. The lowest BCUT2D eigenvalue weighted by atomic mass is 9.99. The van der Waals surface area contributed by atoms with Crippen molar-refractivity contribution in [3.63, 3.8) is 0 Å². The number of ether oxygens (including phenoxy) is 4. The number of carbonyl (C=O) groups is 4. The molecule has 17 nitrogen and oxygen atoms in total. The van der Waals surface area contributed by atoms with Crippen molar-refractivity contribution in [1.82, 2.24) is 0 Å². The van der Waals surface area contributed by atoms with Crippen molar-refractivity contribution >= 4 is 39.5 Å². The zero-order valence-electron chi connectivity index (χ0n) is 61.6. The van der Waals surface area contributed by atoms with Crippen LogP contribution in [0.2, 0.25) is 0 Å². The number of esters is 4. The van der Waals surface area contributed by atoms with E-state index in [1.54, 1.807) is 0 Å². The molecule has 0 amide bonds. The fourth-order valence-corrected chi connectivity index (χ4v) is 12.9. The maximum Gasteiger partial charge on any atom is 0.472 e. The lowest BCUT2D eigenvalue weighted by Gasteiger charge is -2.21. The minimum Gasteiger partial charge on any atom is -0.462 e. The first-order valence-electron chi connectivity index (χ1n) is 38.7. The van der Waals surface area contributed by atoms with Crippen LogP contribution in [0.5, 0.6) is 0 Å². The van der Waals surface area contributed by atoms with E-state index in [0.29, 0.717) is 31.6 Å². The van der Waals surface area contributed by atoms with Crippen LogP contribution in [0.1, 0.15) is 376 Å². The number of hydrogen-bond acceptors (Lipinski definition) is 15. The van der Waals surface area contributed by atoms with Crippen molar-refractivity contribution in [3.8, 4) is 0 Å². The van der Waals surface area contributed by atoms with Gasteiger partial charge in [-0.15, -0.1) is 0 Å². The van der Waals surface area contributed by atoms with E-state index in [1.165, 1.54) is 173 Å². The number of phosphoric acid groups is 2. The molecule has 0 heterocycles. The number of unbranched alkanes of at least 4 members (excludes halogenated alkanes) is 37. The molecule has 4 unspecified atom stereocenters. The van der Waals surface area contributed by atoms with Gasteiger partial charge < -0.3 is 33.8 Å². The second-order valence-electron chi connectivity index (χ2n) is 28.7. The molecule has 0 saturated heterocycles. The summed E-state index contributed by atoms with van der Waals surface area (Å²) >= 11 is 0. The molecule has 0 aliphatic carbocycles. The van der Waals surface area contributed by atoms with Gasteiger partial charge in [-0.1, -0.05) is 325 Å². The second-order valence-corrected chi connectivity index (χ2v) is 31.6. The van der Waals surface area contributed by atoms with Gasteiger partial charge in [0.25, 0.3) is 0 Å². The van der Waals surface area contributed by atoms with E-state index in [9.17, 15) is 43.2 Å². The van der Waals surface area contributed by atoms with E-state index >= 15 is 0 Å². The van der Waals surface area contributed by atoms with Gasteiger partial charge in [-0.3, -0.25) is 37.3 Å². The van der Waals surface area contributed by atoms with Crippen molar-refractivity contribution in [1.29, 1.82) is 0 Å². The number of phosphoric ester groups is 2. The summed E-state index contributed by atoms with van der Waals surface area (Å²) in [6.07, 6.45) is 48.6. The molecule has 0 fully saturated rings. The first kappa shape index (κ1) is 92.1. The van der Waals surface area contributed by atoms with Gasteiger partial charge in [-0.05, 0) is 49.4 Å². The smallest absolute Gasteiger partial charge is 0.462 e. The summed E-state index contributed by atoms with van der Waals surface area (Å²) in [6.45, 7) is 14.2. The van der Waals surface area contributed by atoms with Crippen LogP contribution in [-0.2, 0) is 65.4 Å². The highest BCUT2D eigenvalue weighted by Crippen LogP contribution is 2.45. The van der Waals surface area contributed by atoms with Crippen LogP contribution < -0.4 is 0 Å². The van der Waals surface area contributed by atoms with E-state index < -0.39 is 97.5 Å². The van der Waals surface area contributed by atoms with Crippen molar-refractivity contribution < 1.29 is 80.2 Å². The van der Waals surface area contributed by atoms with Gasteiger partial charge in [-0.25, -0.2) is 9.13 Å². The molecule has 0 rings (SSSR count). The molecular formula is C75H146O17P2. The summed E-state index contributed by atoms with van der Waals surface area (Å²) < 4.78 is 68.5. The fourth-order valence-electron chi connectivity index (χ4n) is 11.3. The lowest BCUT2D eigenvalue weighted by Crippen LogP contribution is -2.30. The molecule has 6 atom stereocenters. The standard InChI is InChI=1S/C75H146O17P2/c1-9-68(8)54-46-38-30-21-17-12-10-11-13-19-23-32-41-49-57-74(79)91-70(61-85-72(77)55-47-39-31-22-18-15-14-16-20-27-35-43-51-65(2)3)63-89-93(81,82)87-59-69(76)60-88-94(83,84)90-64-71(62-86-73(78)56-48-40-34-26-29-37-45-53-67(6)7)92-75(80)58-50-42-33-25-24-28-36-44-52-66(4)5/h65-71,76H,9-64H2,1-8H3,(H,81,82)(H,83,84)/t68?,69?,70-,71-/m1/s1. The third-order valence-corrected chi connectivity index (χ3v) is 19.6. The first-order chi connectivity index (χ1) is 45.1. The summed E-state index contributed by atoms with van der Waals surface area (Å²) in [5.41, 5.74) is 0. The van der Waals surface area contributed by atoms with Crippen LogP contribution in [-0.4, -0.2) is 96.7 Å². The Kier molecular flexibility index (Phi) is 63.1.